The minimum Gasteiger partial charge on any atom is -0.369 e. The minimum absolute atomic E-state index is 0.148. The number of nitrogens with zero attached hydrogens (tertiary/aromatic N) is 2. The van der Waals surface area contributed by atoms with E-state index in [2.05, 4.69) is 4.90 Å². The Morgan fingerprint density at radius 2 is 0.957 bits per heavy atom. The number of carbonyl (C=O) groups is 2. The van der Waals surface area contributed by atoms with Gasteiger partial charge in [0.25, 0.3) is 5.91 Å². The molecule has 246 valence electrons. The molecule has 4 aromatic carbocycles. The van der Waals surface area contributed by atoms with Crippen LogP contribution in [0, 0.1) is 0 Å². The van der Waals surface area contributed by atoms with E-state index in [4.69, 9.17) is 18.9 Å². The predicted octanol–water partition coefficient (Wildman–Crippen LogP) is 5.30. The Kier molecular flexibility index (Phi) is 13.3. The van der Waals surface area contributed by atoms with Crippen molar-refractivity contribution in [2.45, 2.75) is 44.7 Å². The molecule has 0 aromatic heterocycles. The lowest BCUT2D eigenvalue weighted by Crippen LogP contribution is -2.57. The van der Waals surface area contributed by atoms with Gasteiger partial charge in [-0.2, -0.15) is 0 Å². The number of hydrogen-bond acceptors (Lipinski definition) is 7. The highest BCUT2D eigenvalue weighted by molar-refractivity contribution is 5.88. The van der Waals surface area contributed by atoms with Crippen LogP contribution in [0.5, 0.6) is 0 Å². The number of ketones is 1. The summed E-state index contributed by atoms with van der Waals surface area (Å²) in [4.78, 5) is 32.5. The summed E-state index contributed by atoms with van der Waals surface area (Å²) in [6.07, 6.45) is -3.31. The molecule has 47 heavy (non-hydrogen) atoms. The van der Waals surface area contributed by atoms with E-state index in [0.717, 1.165) is 35.3 Å². The van der Waals surface area contributed by atoms with E-state index in [1.807, 2.05) is 128 Å². The summed E-state index contributed by atoms with van der Waals surface area (Å²) >= 11 is 0. The van der Waals surface area contributed by atoms with Gasteiger partial charge in [-0.1, -0.05) is 121 Å². The molecule has 5 rings (SSSR count). The topological polar surface area (TPSA) is 77.5 Å². The maximum Gasteiger partial charge on any atom is 0.254 e. The highest BCUT2D eigenvalue weighted by atomic mass is 16.6. The molecule has 8 nitrogen and oxygen atoms in total. The molecule has 0 unspecified atom stereocenters. The molecule has 0 spiro atoms. The van der Waals surface area contributed by atoms with Gasteiger partial charge in [0.1, 0.15) is 18.8 Å². The van der Waals surface area contributed by atoms with Crippen molar-refractivity contribution in [3.63, 3.8) is 0 Å². The fourth-order valence-corrected chi connectivity index (χ4v) is 5.43. The second-order valence-electron chi connectivity index (χ2n) is 11.8. The molecule has 1 aliphatic rings. The first-order chi connectivity index (χ1) is 23.1. The zero-order valence-electron chi connectivity index (χ0n) is 27.0. The van der Waals surface area contributed by atoms with Crippen LogP contribution in [0.25, 0.3) is 0 Å². The van der Waals surface area contributed by atoms with Crippen molar-refractivity contribution < 1.29 is 28.5 Å². The van der Waals surface area contributed by atoms with Crippen LogP contribution in [0.1, 0.15) is 22.3 Å². The van der Waals surface area contributed by atoms with Crippen LogP contribution in [0.2, 0.25) is 0 Å². The summed E-state index contributed by atoms with van der Waals surface area (Å²) in [6, 6.07) is 38.7. The van der Waals surface area contributed by atoms with Gasteiger partial charge in [0, 0.05) is 26.2 Å². The average molecular weight is 637 g/mol. The Morgan fingerprint density at radius 1 is 0.553 bits per heavy atom. The fourth-order valence-electron chi connectivity index (χ4n) is 5.43. The maximum atomic E-state index is 14.4. The molecule has 1 aliphatic heterocycles. The SMILES string of the molecule is CN1CCN(C(=O)[C@H](OCc2ccccc2)[C@@H](OCc2ccccc2)[C@H](OCc2ccccc2)C(=O)COCc2ccccc2)CC1. The molecule has 1 heterocycles. The second kappa shape index (κ2) is 18.2. The number of rotatable bonds is 17. The standard InChI is InChI=1S/C39H44N2O6/c1-40-22-24-41(25-23-40)39(43)38(47-29-34-20-12-5-13-21-34)37(46-28-33-18-10-4-11-19-33)36(45-27-32-16-8-3-9-17-32)35(42)30-44-26-31-14-6-2-7-15-31/h2-21,36-38H,22-30H2,1H3/t36-,37+,38-/m1/s1. The van der Waals surface area contributed by atoms with Crippen molar-refractivity contribution >= 4 is 11.7 Å². The molecule has 0 N–H and O–H groups in total. The Hall–Kier alpha value is -4.18. The van der Waals surface area contributed by atoms with Gasteiger partial charge in [-0.3, -0.25) is 9.59 Å². The third-order valence-electron chi connectivity index (χ3n) is 8.16. The van der Waals surface area contributed by atoms with E-state index in [9.17, 15) is 9.59 Å². The molecule has 4 aromatic rings. The summed E-state index contributed by atoms with van der Waals surface area (Å²) in [6.45, 7) is 3.12. The van der Waals surface area contributed by atoms with Crippen LogP contribution < -0.4 is 0 Å². The number of amides is 1. The van der Waals surface area contributed by atoms with E-state index < -0.39 is 18.3 Å². The van der Waals surface area contributed by atoms with Gasteiger partial charge in [0.05, 0.1) is 26.4 Å². The Bertz CT molecular complexity index is 1480. The number of benzene rings is 4. The molecule has 1 saturated heterocycles. The first-order valence-corrected chi connectivity index (χ1v) is 16.1. The molecule has 0 saturated carbocycles. The molecule has 0 radical (unpaired) electrons. The number of Topliss-reactive ketones (excluding diaryl/α,β-unsaturated/α-hetero) is 1. The third-order valence-corrected chi connectivity index (χ3v) is 8.16. The summed E-state index contributed by atoms with van der Waals surface area (Å²) in [5.41, 5.74) is 3.66. The van der Waals surface area contributed by atoms with E-state index >= 15 is 0 Å². The Balaban J connectivity index is 1.45. The smallest absolute Gasteiger partial charge is 0.254 e. The van der Waals surface area contributed by atoms with Gasteiger partial charge in [-0.25, -0.2) is 0 Å². The van der Waals surface area contributed by atoms with Gasteiger partial charge in [0.2, 0.25) is 0 Å². The molecular weight excluding hydrogens is 592 g/mol. The molecule has 0 aliphatic carbocycles. The van der Waals surface area contributed by atoms with Crippen LogP contribution in [0.15, 0.2) is 121 Å². The van der Waals surface area contributed by atoms with Crippen LogP contribution in [-0.4, -0.2) is 79.6 Å². The zero-order valence-corrected chi connectivity index (χ0v) is 27.0. The number of carbonyl (C=O) groups excluding carboxylic acids is 2. The van der Waals surface area contributed by atoms with Crippen molar-refractivity contribution in [1.82, 2.24) is 9.80 Å². The Morgan fingerprint density at radius 3 is 1.43 bits per heavy atom. The van der Waals surface area contributed by atoms with Crippen LogP contribution in [0.3, 0.4) is 0 Å². The number of ether oxygens (including phenoxy) is 4. The third kappa shape index (κ3) is 10.7. The van der Waals surface area contributed by atoms with Crippen molar-refractivity contribution in [2.75, 3.05) is 39.8 Å². The highest BCUT2D eigenvalue weighted by Crippen LogP contribution is 2.22. The van der Waals surface area contributed by atoms with Gasteiger partial charge in [0.15, 0.2) is 11.9 Å². The van der Waals surface area contributed by atoms with Crippen molar-refractivity contribution in [1.29, 1.82) is 0 Å². The average Bonchev–Trinajstić information content (AvgIpc) is 3.12. The lowest BCUT2D eigenvalue weighted by atomic mass is 10.0. The monoisotopic (exact) mass is 636 g/mol. The quantitative estimate of drug-likeness (QED) is 0.156. The van der Waals surface area contributed by atoms with E-state index in [1.54, 1.807) is 4.90 Å². The van der Waals surface area contributed by atoms with E-state index in [-0.39, 0.29) is 44.7 Å². The molecule has 8 heteroatoms. The van der Waals surface area contributed by atoms with Crippen molar-refractivity contribution in [3.05, 3.63) is 144 Å². The summed E-state index contributed by atoms with van der Waals surface area (Å²) in [5, 5.41) is 0. The van der Waals surface area contributed by atoms with Crippen LogP contribution in [0.4, 0.5) is 0 Å². The van der Waals surface area contributed by atoms with E-state index in [1.165, 1.54) is 0 Å². The number of hydrogen-bond donors (Lipinski definition) is 0. The van der Waals surface area contributed by atoms with Crippen molar-refractivity contribution in [3.8, 4) is 0 Å². The summed E-state index contributed by atoms with van der Waals surface area (Å²) in [5.74, 6) is -0.548. The zero-order chi connectivity index (χ0) is 32.7. The molecule has 3 atom stereocenters. The van der Waals surface area contributed by atoms with Gasteiger partial charge in [-0.15, -0.1) is 0 Å². The van der Waals surface area contributed by atoms with Gasteiger partial charge < -0.3 is 28.7 Å². The molecule has 1 amide bonds. The Labute approximate surface area is 277 Å². The fraction of sp³-hybridized carbons (Fsp3) is 0.333. The van der Waals surface area contributed by atoms with Gasteiger partial charge in [-0.05, 0) is 29.3 Å². The minimum atomic E-state index is -1.15. The van der Waals surface area contributed by atoms with E-state index in [0.29, 0.717) is 13.1 Å². The largest absolute Gasteiger partial charge is 0.369 e. The number of piperazine rings is 1. The maximum absolute atomic E-state index is 14.4. The number of likely N-dealkylation sites (N-methyl/N-ethyl adjacent to an activating group) is 1. The lowest BCUT2D eigenvalue weighted by Gasteiger charge is -2.38. The second-order valence-corrected chi connectivity index (χ2v) is 11.8. The van der Waals surface area contributed by atoms with Crippen LogP contribution >= 0.6 is 0 Å². The first kappa shape index (κ1) is 34.2. The molecule has 0 bridgehead atoms. The predicted molar refractivity (Wildman–Crippen MR) is 180 cm³/mol. The van der Waals surface area contributed by atoms with Crippen molar-refractivity contribution in [2.24, 2.45) is 0 Å². The lowest BCUT2D eigenvalue weighted by molar-refractivity contribution is -0.182. The van der Waals surface area contributed by atoms with Gasteiger partial charge >= 0.3 is 0 Å². The summed E-state index contributed by atoms with van der Waals surface area (Å²) < 4.78 is 25.4. The summed E-state index contributed by atoms with van der Waals surface area (Å²) in [7, 11) is 2.04. The highest BCUT2D eigenvalue weighted by Gasteiger charge is 2.43. The van der Waals surface area contributed by atoms with Crippen LogP contribution in [-0.2, 0) is 55.0 Å². The molecule has 1 fully saturated rings. The molecular formula is C39H44N2O6. The normalized spacial score (nSPS) is 15.6. The first-order valence-electron chi connectivity index (χ1n) is 16.1.